The predicted octanol–water partition coefficient (Wildman–Crippen LogP) is 11.3. The largest absolute Gasteiger partial charge is 0.573 e. The van der Waals surface area contributed by atoms with Crippen molar-refractivity contribution in [3.63, 3.8) is 0 Å². The van der Waals surface area contributed by atoms with Crippen LogP contribution in [-0.2, 0) is 13.0 Å². The number of ether oxygens (including phenoxy) is 1. The third-order valence-electron chi connectivity index (χ3n) is 12.5. The summed E-state index contributed by atoms with van der Waals surface area (Å²) >= 11 is 0. The fourth-order valence-electron chi connectivity index (χ4n) is 9.05. The van der Waals surface area contributed by atoms with Crippen LogP contribution in [0.25, 0.3) is 11.1 Å². The summed E-state index contributed by atoms with van der Waals surface area (Å²) in [5.41, 5.74) is 4.67. The van der Waals surface area contributed by atoms with Gasteiger partial charge in [-0.15, -0.1) is 13.2 Å². The first kappa shape index (κ1) is 42.4. The summed E-state index contributed by atoms with van der Waals surface area (Å²) < 4.78 is 43.0. The number of halogens is 3. The number of hydrogen-bond donors (Lipinski definition) is 3. The van der Waals surface area contributed by atoms with E-state index in [1.807, 2.05) is 85.8 Å². The molecule has 3 aliphatic rings. The Hall–Kier alpha value is -5.71. The highest BCUT2D eigenvalue weighted by Gasteiger charge is 2.57. The molecule has 0 aliphatic heterocycles. The fourth-order valence-corrected chi connectivity index (χ4v) is 9.05. The van der Waals surface area contributed by atoms with Crippen LogP contribution in [0, 0.1) is 5.41 Å². The number of carbonyl (C=O) groups excluding carboxylic acids is 2. The molecule has 1 fully saturated rings. The summed E-state index contributed by atoms with van der Waals surface area (Å²) in [7, 11) is 0. The lowest BCUT2D eigenvalue weighted by Gasteiger charge is -2.46. The van der Waals surface area contributed by atoms with Gasteiger partial charge in [0.05, 0.1) is 18.2 Å². The van der Waals surface area contributed by atoms with Crippen LogP contribution in [0.15, 0.2) is 139 Å². The van der Waals surface area contributed by atoms with E-state index in [9.17, 15) is 33.0 Å². The first-order chi connectivity index (χ1) is 28.7. The molecule has 8 rings (SSSR count). The van der Waals surface area contributed by atoms with Gasteiger partial charge in [0.15, 0.2) is 5.78 Å². The average molecular weight is 817 g/mol. The van der Waals surface area contributed by atoms with Crippen molar-refractivity contribution in [3.8, 4) is 16.9 Å². The van der Waals surface area contributed by atoms with Gasteiger partial charge in [-0.1, -0.05) is 116 Å². The van der Waals surface area contributed by atoms with E-state index in [1.165, 1.54) is 29.2 Å². The van der Waals surface area contributed by atoms with E-state index in [1.54, 1.807) is 24.3 Å². The Morgan fingerprint density at radius 2 is 1.52 bits per heavy atom. The van der Waals surface area contributed by atoms with Crippen molar-refractivity contribution in [1.29, 1.82) is 0 Å². The second kappa shape index (κ2) is 17.9. The maximum Gasteiger partial charge on any atom is 0.573 e. The molecule has 5 aromatic carbocycles. The topological polar surface area (TPSA) is 99.1 Å². The molecule has 3 aliphatic carbocycles. The molecule has 0 saturated heterocycles. The van der Waals surface area contributed by atoms with Crippen molar-refractivity contribution >= 4 is 17.5 Å². The van der Waals surface area contributed by atoms with E-state index < -0.39 is 29.5 Å². The minimum Gasteiger partial charge on any atom is -0.406 e. The lowest BCUT2D eigenvalue weighted by molar-refractivity contribution is -0.274. The summed E-state index contributed by atoms with van der Waals surface area (Å²) in [4.78, 5) is 30.4. The molecule has 60 heavy (non-hydrogen) atoms. The van der Waals surface area contributed by atoms with E-state index in [0.29, 0.717) is 67.3 Å². The van der Waals surface area contributed by atoms with E-state index in [2.05, 4.69) is 23.1 Å². The Bertz CT molecular complexity index is 2300. The highest BCUT2D eigenvalue weighted by Crippen LogP contribution is 2.59. The minimum absolute atomic E-state index is 0.00717. The van der Waals surface area contributed by atoms with Crippen molar-refractivity contribution in [2.75, 3.05) is 11.9 Å². The van der Waals surface area contributed by atoms with Crippen molar-refractivity contribution in [3.05, 3.63) is 167 Å². The van der Waals surface area contributed by atoms with Crippen LogP contribution in [0.1, 0.15) is 90.9 Å². The number of allylic oxidation sites excluding steroid dienone is 2. The zero-order valence-electron chi connectivity index (χ0n) is 33.9. The molecule has 3 N–H and O–H groups in total. The smallest absolute Gasteiger partial charge is 0.406 e. The Morgan fingerprint density at radius 1 is 0.850 bits per heavy atom. The second-order valence-electron chi connectivity index (χ2n) is 16.6. The molecule has 0 heterocycles. The number of nitrogens with one attached hydrogen (secondary N) is 1. The number of alkyl halides is 3. The molecule has 0 aromatic heterocycles. The number of fused-ring (bicyclic) bond motifs is 8. The van der Waals surface area contributed by atoms with Gasteiger partial charge in [-0.3, -0.25) is 4.79 Å². The van der Waals surface area contributed by atoms with Crippen LogP contribution in [0.2, 0.25) is 0 Å². The molecule has 1 saturated carbocycles. The average Bonchev–Trinajstić information content (AvgIpc) is 3.48. The molecular weight excluding hydrogens is 766 g/mol. The van der Waals surface area contributed by atoms with Gasteiger partial charge in [-0.2, -0.15) is 0 Å². The number of para-hydroxylation sites is 1. The fraction of sp³-hybridized carbons (Fsp3) is 0.320. The van der Waals surface area contributed by atoms with Gasteiger partial charge in [0.25, 0.3) is 0 Å². The Labute approximate surface area is 349 Å². The summed E-state index contributed by atoms with van der Waals surface area (Å²) in [6, 6.07) is 37.2. The number of carbonyl (C=O) groups is 2. The molecular formula is C50H51F3N2O5. The Morgan fingerprint density at radius 3 is 2.20 bits per heavy atom. The SMILES string of the molecule is CC1=CCCC2(C)C(CCC2(O)CN(Cc2ccc(OC(F)(F)F)cc2)C(=O)Nc2ccccc2)c2ccc(cc2C(=O)c2ccc(-c3ccccc3)cc2)CC(O)CC1. The number of benzene rings is 5. The number of hydrogen-bond acceptors (Lipinski definition) is 5. The lowest BCUT2D eigenvalue weighted by atomic mass is 9.64. The van der Waals surface area contributed by atoms with Gasteiger partial charge in [-0.05, 0) is 116 Å². The first-order valence-electron chi connectivity index (χ1n) is 20.5. The summed E-state index contributed by atoms with van der Waals surface area (Å²) in [5, 5.41) is 27.1. The van der Waals surface area contributed by atoms with E-state index in [0.717, 1.165) is 27.8 Å². The summed E-state index contributed by atoms with van der Waals surface area (Å²) in [5.74, 6) is -0.820. The molecule has 7 nitrogen and oxygen atoms in total. The van der Waals surface area contributed by atoms with E-state index in [-0.39, 0.29) is 30.5 Å². The van der Waals surface area contributed by atoms with Crippen molar-refractivity contribution in [2.45, 2.75) is 89.3 Å². The van der Waals surface area contributed by atoms with Gasteiger partial charge in [-0.25, -0.2) is 4.79 Å². The van der Waals surface area contributed by atoms with Crippen LogP contribution in [0.4, 0.5) is 23.7 Å². The number of nitrogens with zero attached hydrogens (tertiary/aromatic N) is 1. The van der Waals surface area contributed by atoms with Crippen LogP contribution < -0.4 is 10.1 Å². The minimum atomic E-state index is -4.85. The molecule has 312 valence electrons. The normalized spacial score (nSPS) is 21.9. The zero-order valence-corrected chi connectivity index (χ0v) is 33.9. The number of urea groups is 1. The highest BCUT2D eigenvalue weighted by molar-refractivity contribution is 6.10. The molecule has 4 atom stereocenters. The maximum absolute atomic E-state index is 14.7. The quantitative estimate of drug-likeness (QED) is 0.102. The first-order valence-corrected chi connectivity index (χ1v) is 20.5. The van der Waals surface area contributed by atoms with Crippen molar-refractivity contribution < 1.29 is 37.7 Å². The third kappa shape index (κ3) is 9.83. The summed E-state index contributed by atoms with van der Waals surface area (Å²) in [6.45, 7) is 4.01. The highest BCUT2D eigenvalue weighted by atomic mass is 19.4. The molecule has 5 aromatic rings. The molecule has 4 unspecified atom stereocenters. The third-order valence-corrected chi connectivity index (χ3v) is 12.5. The zero-order chi connectivity index (χ0) is 42.5. The number of aliphatic hydroxyl groups excluding tert-OH is 1. The Kier molecular flexibility index (Phi) is 12.6. The van der Waals surface area contributed by atoms with Gasteiger partial charge >= 0.3 is 12.4 Å². The number of anilines is 1. The van der Waals surface area contributed by atoms with Crippen LogP contribution in [0.5, 0.6) is 5.75 Å². The Balaban J connectivity index is 1.26. The van der Waals surface area contributed by atoms with E-state index in [4.69, 9.17) is 0 Å². The van der Waals surface area contributed by atoms with Crippen molar-refractivity contribution in [1.82, 2.24) is 4.90 Å². The molecule has 0 spiro atoms. The summed E-state index contributed by atoms with van der Waals surface area (Å²) in [6.07, 6.45) is 0.387. The van der Waals surface area contributed by atoms with Crippen LogP contribution in [0.3, 0.4) is 0 Å². The molecule has 0 radical (unpaired) electrons. The predicted molar refractivity (Wildman–Crippen MR) is 228 cm³/mol. The maximum atomic E-state index is 14.7. The van der Waals surface area contributed by atoms with Crippen LogP contribution >= 0.6 is 0 Å². The molecule has 2 amide bonds. The van der Waals surface area contributed by atoms with Gasteiger partial charge in [0, 0.05) is 28.8 Å². The number of aliphatic hydroxyl groups is 2. The van der Waals surface area contributed by atoms with Gasteiger partial charge < -0.3 is 25.2 Å². The van der Waals surface area contributed by atoms with Gasteiger partial charge in [0.1, 0.15) is 5.75 Å². The lowest BCUT2D eigenvalue weighted by Crippen LogP contribution is -2.54. The number of amides is 2. The number of rotatable bonds is 9. The van der Waals surface area contributed by atoms with Gasteiger partial charge in [0.2, 0.25) is 0 Å². The van der Waals surface area contributed by atoms with E-state index >= 15 is 0 Å². The second-order valence-corrected chi connectivity index (χ2v) is 16.6. The standard InChI is InChI=1S/C50H51F3N2O5/c1-34-10-9-28-48(2)45(43-26-18-36(30-41(56)23-15-34)31-44(43)46(57)39-21-19-38(20-22-39)37-11-5-3-6-12-37)27-29-49(48,59)33-55(47(58)54-40-13-7-4-8-14-40)32-35-16-24-42(25-17-35)60-50(51,52)53/h3-8,10-14,16-22,24-26,31,41,45,56,59H,9,15,23,27-30,32-33H2,1-2H3,(H,54,58). The van der Waals surface area contributed by atoms with Crippen molar-refractivity contribution in [2.24, 2.45) is 5.41 Å². The number of ketones is 1. The molecule has 10 heteroatoms. The molecule has 2 bridgehead atoms. The monoisotopic (exact) mass is 816 g/mol. The van der Waals surface area contributed by atoms with Crippen LogP contribution in [-0.4, -0.2) is 51.5 Å².